The molecule has 2 rings (SSSR count). The van der Waals surface area contributed by atoms with E-state index in [1.807, 2.05) is 0 Å². The van der Waals surface area contributed by atoms with E-state index >= 15 is 0 Å². The lowest BCUT2D eigenvalue weighted by Crippen LogP contribution is -2.62. The minimum atomic E-state index is 0.0383. The first-order valence-electron chi connectivity index (χ1n) is 7.61. The normalized spacial score (nSPS) is 43.3. The average molecular weight is 251 g/mol. The van der Waals surface area contributed by atoms with Crippen LogP contribution in [0.5, 0.6) is 0 Å². The van der Waals surface area contributed by atoms with Gasteiger partial charge in [0.15, 0.2) is 0 Å². The van der Waals surface area contributed by atoms with Crippen molar-refractivity contribution in [3.8, 4) is 0 Å². The van der Waals surface area contributed by atoms with Crippen LogP contribution in [0.2, 0.25) is 0 Å². The molecule has 0 amide bonds. The van der Waals surface area contributed by atoms with Crippen molar-refractivity contribution in [2.75, 3.05) is 21.1 Å². The Labute approximate surface area is 113 Å². The predicted octanol–water partition coefficient (Wildman–Crippen LogP) is 0.837. The molecule has 104 valence electrons. The summed E-state index contributed by atoms with van der Waals surface area (Å²) in [5.74, 6) is 0.680. The molecule has 0 bridgehead atoms. The van der Waals surface area contributed by atoms with E-state index in [1.165, 1.54) is 44.9 Å². The van der Waals surface area contributed by atoms with Gasteiger partial charge >= 0.3 is 0 Å². The summed E-state index contributed by atoms with van der Waals surface area (Å²) in [6, 6.07) is 0.682. The molecule has 2 aliphatic rings. The SMILES string of the molecule is BC1(N)CCCCCC2C1CCC(N(C)C)N2C. The van der Waals surface area contributed by atoms with Crippen molar-refractivity contribution in [3.05, 3.63) is 0 Å². The van der Waals surface area contributed by atoms with Gasteiger partial charge in [-0.3, -0.25) is 9.80 Å². The van der Waals surface area contributed by atoms with Crippen LogP contribution in [0.25, 0.3) is 0 Å². The second kappa shape index (κ2) is 5.52. The Morgan fingerprint density at radius 3 is 2.56 bits per heavy atom. The maximum atomic E-state index is 6.65. The van der Waals surface area contributed by atoms with Crippen molar-refractivity contribution in [1.82, 2.24) is 9.80 Å². The van der Waals surface area contributed by atoms with E-state index in [0.29, 0.717) is 18.1 Å². The highest BCUT2D eigenvalue weighted by molar-refractivity contribution is 6.15. The summed E-state index contributed by atoms with van der Waals surface area (Å²) >= 11 is 0. The number of hydrogen-bond donors (Lipinski definition) is 1. The van der Waals surface area contributed by atoms with Crippen LogP contribution in [0.1, 0.15) is 44.9 Å². The zero-order chi connectivity index (χ0) is 13.3. The zero-order valence-corrected chi connectivity index (χ0v) is 12.7. The molecule has 0 aromatic carbocycles. The molecular formula is C14H30BN3. The molecule has 1 heterocycles. The van der Waals surface area contributed by atoms with Gasteiger partial charge in [-0.15, -0.1) is 0 Å². The number of fused-ring (bicyclic) bond motifs is 1. The summed E-state index contributed by atoms with van der Waals surface area (Å²) in [6.07, 6.45) is 9.74. The highest BCUT2D eigenvalue weighted by Gasteiger charge is 2.43. The molecule has 2 fully saturated rings. The lowest BCUT2D eigenvalue weighted by atomic mass is 9.59. The van der Waals surface area contributed by atoms with E-state index in [4.69, 9.17) is 5.73 Å². The predicted molar refractivity (Wildman–Crippen MR) is 80.3 cm³/mol. The Bertz CT molecular complexity index is 280. The maximum Gasteiger partial charge on any atom is 0.127 e. The van der Waals surface area contributed by atoms with E-state index in [9.17, 15) is 0 Å². The van der Waals surface area contributed by atoms with E-state index in [1.54, 1.807) is 0 Å². The van der Waals surface area contributed by atoms with Gasteiger partial charge in [0.2, 0.25) is 0 Å². The van der Waals surface area contributed by atoms with Gasteiger partial charge in [-0.2, -0.15) is 0 Å². The lowest BCUT2D eigenvalue weighted by Gasteiger charge is -2.52. The largest absolute Gasteiger partial charge is 0.332 e. The number of likely N-dealkylation sites (tertiary alicyclic amines) is 1. The van der Waals surface area contributed by atoms with Gasteiger partial charge in [-0.1, -0.05) is 19.3 Å². The molecule has 1 aliphatic heterocycles. The second-order valence-electron chi connectivity index (χ2n) is 6.97. The lowest BCUT2D eigenvalue weighted by molar-refractivity contribution is -0.0270. The molecule has 4 unspecified atom stereocenters. The van der Waals surface area contributed by atoms with E-state index in [2.05, 4.69) is 38.8 Å². The highest BCUT2D eigenvalue weighted by atomic mass is 15.3. The number of piperidine rings is 1. The Balaban J connectivity index is 2.17. The molecule has 0 aromatic heterocycles. The van der Waals surface area contributed by atoms with Crippen molar-refractivity contribution in [3.63, 3.8) is 0 Å². The fourth-order valence-electron chi connectivity index (χ4n) is 4.25. The Morgan fingerprint density at radius 1 is 1.17 bits per heavy atom. The molecule has 0 spiro atoms. The van der Waals surface area contributed by atoms with E-state index in [0.717, 1.165) is 0 Å². The molecule has 1 aliphatic carbocycles. The smallest absolute Gasteiger partial charge is 0.127 e. The molecular weight excluding hydrogens is 221 g/mol. The van der Waals surface area contributed by atoms with E-state index in [-0.39, 0.29) is 5.44 Å². The van der Waals surface area contributed by atoms with Crippen LogP contribution >= 0.6 is 0 Å². The fourth-order valence-corrected chi connectivity index (χ4v) is 4.25. The van der Waals surface area contributed by atoms with Gasteiger partial charge in [-0.25, -0.2) is 0 Å². The van der Waals surface area contributed by atoms with Gasteiger partial charge in [0.05, 0.1) is 6.17 Å². The molecule has 0 aromatic rings. The quantitative estimate of drug-likeness (QED) is 0.701. The number of rotatable bonds is 1. The first-order chi connectivity index (χ1) is 8.43. The van der Waals surface area contributed by atoms with Crippen LogP contribution in [0, 0.1) is 5.92 Å². The van der Waals surface area contributed by atoms with Crippen molar-refractivity contribution in [2.45, 2.75) is 62.6 Å². The first kappa shape index (κ1) is 14.4. The summed E-state index contributed by atoms with van der Waals surface area (Å²) in [7, 11) is 9.00. The molecule has 2 N–H and O–H groups in total. The fraction of sp³-hybridized carbons (Fsp3) is 1.00. The molecule has 1 saturated carbocycles. The minimum Gasteiger partial charge on any atom is -0.332 e. The molecule has 1 saturated heterocycles. The monoisotopic (exact) mass is 251 g/mol. The highest BCUT2D eigenvalue weighted by Crippen LogP contribution is 2.38. The van der Waals surface area contributed by atoms with Gasteiger partial charge < -0.3 is 5.73 Å². The first-order valence-corrected chi connectivity index (χ1v) is 7.61. The molecule has 0 radical (unpaired) electrons. The summed E-state index contributed by atoms with van der Waals surface area (Å²) < 4.78 is 0. The Kier molecular flexibility index (Phi) is 4.40. The molecule has 3 nitrogen and oxygen atoms in total. The number of nitrogens with two attached hydrogens (primary N) is 1. The summed E-state index contributed by atoms with van der Waals surface area (Å²) in [4.78, 5) is 4.97. The maximum absolute atomic E-state index is 6.65. The van der Waals surface area contributed by atoms with Crippen molar-refractivity contribution in [2.24, 2.45) is 11.7 Å². The van der Waals surface area contributed by atoms with Crippen molar-refractivity contribution in [1.29, 1.82) is 0 Å². The van der Waals surface area contributed by atoms with Crippen LogP contribution in [-0.2, 0) is 0 Å². The van der Waals surface area contributed by atoms with Crippen LogP contribution < -0.4 is 5.73 Å². The average Bonchev–Trinajstić information content (AvgIpc) is 2.27. The third kappa shape index (κ3) is 2.76. The minimum absolute atomic E-state index is 0.0383. The molecule has 18 heavy (non-hydrogen) atoms. The van der Waals surface area contributed by atoms with Crippen LogP contribution in [0.4, 0.5) is 0 Å². The van der Waals surface area contributed by atoms with E-state index < -0.39 is 0 Å². The van der Waals surface area contributed by atoms with Gasteiger partial charge in [0.1, 0.15) is 7.85 Å². The van der Waals surface area contributed by atoms with Crippen molar-refractivity contribution >= 4 is 7.85 Å². The van der Waals surface area contributed by atoms with Gasteiger partial charge in [-0.05, 0) is 58.2 Å². The Morgan fingerprint density at radius 2 is 1.89 bits per heavy atom. The topological polar surface area (TPSA) is 32.5 Å². The van der Waals surface area contributed by atoms with Gasteiger partial charge in [0.25, 0.3) is 0 Å². The third-order valence-electron chi connectivity index (χ3n) is 5.35. The number of nitrogens with zero attached hydrogens (tertiary/aromatic N) is 2. The third-order valence-corrected chi connectivity index (χ3v) is 5.35. The van der Waals surface area contributed by atoms with Crippen LogP contribution in [-0.4, -0.2) is 56.4 Å². The number of hydrogen-bond acceptors (Lipinski definition) is 3. The molecule has 4 atom stereocenters. The molecule has 4 heteroatoms. The van der Waals surface area contributed by atoms with Gasteiger partial charge in [0, 0.05) is 6.04 Å². The summed E-state index contributed by atoms with van der Waals surface area (Å²) in [5, 5.41) is 0. The summed E-state index contributed by atoms with van der Waals surface area (Å²) in [6.45, 7) is 0. The summed E-state index contributed by atoms with van der Waals surface area (Å²) in [5.41, 5.74) is 6.68. The van der Waals surface area contributed by atoms with Crippen LogP contribution in [0.3, 0.4) is 0 Å². The second-order valence-corrected chi connectivity index (χ2v) is 6.97. The Hall–Kier alpha value is -0.0551. The zero-order valence-electron chi connectivity index (χ0n) is 12.7. The standard InChI is InChI=1S/C14H30BN3/c1-17(2)13-9-8-11-12(18(13)3)7-5-4-6-10-14(11,15)16/h11-13H,4-10,15-16H2,1-3H3. The van der Waals surface area contributed by atoms with Crippen LogP contribution in [0.15, 0.2) is 0 Å². The van der Waals surface area contributed by atoms with Crippen molar-refractivity contribution < 1.29 is 0 Å².